The van der Waals surface area contributed by atoms with Crippen LogP contribution in [-0.2, 0) is 0 Å². The molecule has 0 aliphatic carbocycles. The van der Waals surface area contributed by atoms with Crippen LogP contribution in [0, 0.1) is 6.92 Å². The number of pyridine rings is 1. The number of nitrogens with zero attached hydrogens (tertiary/aromatic N) is 1. The molecular formula is C6H7KN. The van der Waals surface area contributed by atoms with E-state index in [0.717, 1.165) is 5.69 Å². The van der Waals surface area contributed by atoms with E-state index in [-0.39, 0.29) is 51.4 Å². The Balaban J connectivity index is 0.000000490. The third-order valence-electron chi connectivity index (χ3n) is 0.813. The van der Waals surface area contributed by atoms with Crippen LogP contribution in [0.5, 0.6) is 0 Å². The Labute approximate surface area is 91.9 Å². The van der Waals surface area contributed by atoms with Crippen molar-refractivity contribution in [2.45, 2.75) is 6.92 Å². The molecule has 1 rings (SSSR count). The first kappa shape index (κ1) is 8.79. The largest absolute Gasteiger partial charge is 0.262 e. The van der Waals surface area contributed by atoms with Crippen LogP contribution in [-0.4, -0.2) is 56.4 Å². The summed E-state index contributed by atoms with van der Waals surface area (Å²) in [5.41, 5.74) is 1.07. The molecular weight excluding hydrogens is 125 g/mol. The fraction of sp³-hybridized carbons (Fsp3) is 0.167. The minimum absolute atomic E-state index is 0. The van der Waals surface area contributed by atoms with Gasteiger partial charge in [0.05, 0.1) is 0 Å². The minimum Gasteiger partial charge on any atom is -0.262 e. The number of aryl methyl sites for hydroxylation is 1. The van der Waals surface area contributed by atoms with E-state index in [9.17, 15) is 0 Å². The van der Waals surface area contributed by atoms with Gasteiger partial charge in [-0.1, -0.05) is 6.07 Å². The van der Waals surface area contributed by atoms with E-state index >= 15 is 0 Å². The summed E-state index contributed by atoms with van der Waals surface area (Å²) in [7, 11) is 0. The van der Waals surface area contributed by atoms with E-state index in [1.165, 1.54) is 0 Å². The maximum atomic E-state index is 3.98. The van der Waals surface area contributed by atoms with Crippen LogP contribution in [0.15, 0.2) is 24.4 Å². The van der Waals surface area contributed by atoms with Crippen molar-refractivity contribution in [2.24, 2.45) is 0 Å². The van der Waals surface area contributed by atoms with Gasteiger partial charge in [0.2, 0.25) is 0 Å². The Bertz CT molecular complexity index is 138. The predicted octanol–water partition coefficient (Wildman–Crippen LogP) is 1.01. The van der Waals surface area contributed by atoms with Crippen LogP contribution >= 0.6 is 0 Å². The van der Waals surface area contributed by atoms with Crippen molar-refractivity contribution in [3.8, 4) is 0 Å². The van der Waals surface area contributed by atoms with Crippen LogP contribution in [0.4, 0.5) is 0 Å². The van der Waals surface area contributed by atoms with Gasteiger partial charge in [-0.25, -0.2) is 0 Å². The number of rotatable bonds is 0. The molecule has 0 unspecified atom stereocenters. The second-order valence-electron chi connectivity index (χ2n) is 1.47. The smallest absolute Gasteiger partial charge is 0.0372 e. The zero-order chi connectivity index (χ0) is 5.11. The van der Waals surface area contributed by atoms with Gasteiger partial charge in [0.1, 0.15) is 0 Å². The third kappa shape index (κ3) is 2.94. The summed E-state index contributed by atoms with van der Waals surface area (Å²) >= 11 is 0. The van der Waals surface area contributed by atoms with Crippen molar-refractivity contribution in [3.63, 3.8) is 0 Å². The fourth-order valence-corrected chi connectivity index (χ4v) is 0.448. The normalized spacial score (nSPS) is 7.62. The molecule has 1 aromatic rings. The van der Waals surface area contributed by atoms with Crippen LogP contribution in [0.25, 0.3) is 0 Å². The van der Waals surface area contributed by atoms with Crippen LogP contribution in [0.3, 0.4) is 0 Å². The molecule has 0 atom stereocenters. The first-order chi connectivity index (χ1) is 3.39. The molecule has 0 fully saturated rings. The van der Waals surface area contributed by atoms with E-state index in [1.54, 1.807) is 6.20 Å². The standard InChI is InChI=1S/C6H7N.K/c1-6-4-2-3-5-7-6;/h2-5H,1H3;. The molecule has 37 valence electrons. The fourth-order valence-electron chi connectivity index (χ4n) is 0.448. The summed E-state index contributed by atoms with van der Waals surface area (Å²) < 4.78 is 0. The van der Waals surface area contributed by atoms with E-state index < -0.39 is 0 Å². The molecule has 1 nitrogen and oxygen atoms in total. The maximum Gasteiger partial charge on any atom is 0.0372 e. The average molecular weight is 132 g/mol. The molecule has 0 spiro atoms. The topological polar surface area (TPSA) is 12.9 Å². The number of hydrogen-bond acceptors (Lipinski definition) is 1. The maximum absolute atomic E-state index is 3.98. The molecule has 0 saturated heterocycles. The SMILES string of the molecule is Cc1ccccn1.[K]. The van der Waals surface area contributed by atoms with Gasteiger partial charge in [-0.15, -0.1) is 0 Å². The Morgan fingerprint density at radius 1 is 1.38 bits per heavy atom. The van der Waals surface area contributed by atoms with Crippen molar-refractivity contribution in [1.82, 2.24) is 4.98 Å². The van der Waals surface area contributed by atoms with Gasteiger partial charge in [0.25, 0.3) is 0 Å². The molecule has 0 aliphatic rings. The van der Waals surface area contributed by atoms with Gasteiger partial charge in [0.15, 0.2) is 0 Å². The van der Waals surface area contributed by atoms with Gasteiger partial charge < -0.3 is 0 Å². The quantitative estimate of drug-likeness (QED) is 0.480. The number of hydrogen-bond donors (Lipinski definition) is 0. The van der Waals surface area contributed by atoms with Crippen molar-refractivity contribution in [1.29, 1.82) is 0 Å². The van der Waals surface area contributed by atoms with Crippen molar-refractivity contribution in [2.75, 3.05) is 0 Å². The molecule has 1 heterocycles. The Kier molecular flexibility index (Phi) is 5.10. The van der Waals surface area contributed by atoms with Gasteiger partial charge in [0, 0.05) is 63.3 Å². The summed E-state index contributed by atoms with van der Waals surface area (Å²) in [6.07, 6.45) is 1.79. The molecule has 1 aromatic heterocycles. The molecule has 0 bridgehead atoms. The molecule has 0 aromatic carbocycles. The van der Waals surface area contributed by atoms with Crippen LogP contribution in [0.2, 0.25) is 0 Å². The minimum atomic E-state index is 0. The van der Waals surface area contributed by atoms with Gasteiger partial charge in [-0.3, -0.25) is 4.98 Å². The van der Waals surface area contributed by atoms with E-state index in [0.29, 0.717) is 0 Å². The Hall–Kier alpha value is 0.786. The van der Waals surface area contributed by atoms with Crippen LogP contribution < -0.4 is 0 Å². The monoisotopic (exact) mass is 132 g/mol. The first-order valence-electron chi connectivity index (χ1n) is 2.27. The first-order valence-corrected chi connectivity index (χ1v) is 2.27. The van der Waals surface area contributed by atoms with Crippen molar-refractivity contribution in [3.05, 3.63) is 30.1 Å². The molecule has 2 heteroatoms. The zero-order valence-corrected chi connectivity index (χ0v) is 8.38. The van der Waals surface area contributed by atoms with Crippen LogP contribution in [0.1, 0.15) is 5.69 Å². The van der Waals surface area contributed by atoms with Gasteiger partial charge in [-0.05, 0) is 19.1 Å². The Morgan fingerprint density at radius 3 is 2.38 bits per heavy atom. The molecule has 0 N–H and O–H groups in total. The molecule has 1 radical (unpaired) electrons. The van der Waals surface area contributed by atoms with Gasteiger partial charge in [-0.2, -0.15) is 0 Å². The van der Waals surface area contributed by atoms with Crippen molar-refractivity contribution >= 4 is 51.4 Å². The summed E-state index contributed by atoms with van der Waals surface area (Å²) in [6, 6.07) is 5.86. The van der Waals surface area contributed by atoms with E-state index in [4.69, 9.17) is 0 Å². The third-order valence-corrected chi connectivity index (χ3v) is 0.813. The zero-order valence-electron chi connectivity index (χ0n) is 5.26. The molecule has 0 amide bonds. The van der Waals surface area contributed by atoms with E-state index in [1.807, 2.05) is 25.1 Å². The number of aromatic nitrogens is 1. The molecule has 0 saturated carbocycles. The summed E-state index contributed by atoms with van der Waals surface area (Å²) in [5.74, 6) is 0. The predicted molar refractivity (Wildman–Crippen MR) is 34.7 cm³/mol. The second kappa shape index (κ2) is 4.65. The summed E-state index contributed by atoms with van der Waals surface area (Å²) in [6.45, 7) is 1.97. The van der Waals surface area contributed by atoms with Gasteiger partial charge >= 0.3 is 0 Å². The van der Waals surface area contributed by atoms with E-state index in [2.05, 4.69) is 4.98 Å². The summed E-state index contributed by atoms with van der Waals surface area (Å²) in [4.78, 5) is 3.98. The molecule has 8 heavy (non-hydrogen) atoms. The van der Waals surface area contributed by atoms with Crippen molar-refractivity contribution < 1.29 is 0 Å². The Morgan fingerprint density at radius 2 is 2.12 bits per heavy atom. The summed E-state index contributed by atoms with van der Waals surface area (Å²) in [5, 5.41) is 0. The second-order valence-corrected chi connectivity index (χ2v) is 1.47. The molecule has 0 aliphatic heterocycles. The average Bonchev–Trinajstić information content (AvgIpc) is 1.69.